The molecule has 6 nitrogen and oxygen atoms in total. The van der Waals surface area contributed by atoms with Gasteiger partial charge in [-0.05, 0) is 49.9 Å². The van der Waals surface area contributed by atoms with Gasteiger partial charge in [-0.1, -0.05) is 32.4 Å². The number of nitriles is 1. The zero-order valence-corrected chi connectivity index (χ0v) is 16.8. The van der Waals surface area contributed by atoms with Crippen LogP contribution in [0.5, 0.6) is 11.6 Å². The normalized spacial score (nSPS) is 11.7. The molecule has 0 radical (unpaired) electrons. The molecule has 0 saturated heterocycles. The Bertz CT molecular complexity index is 952. The van der Waals surface area contributed by atoms with E-state index in [9.17, 15) is 20.0 Å². The second-order valence-electron chi connectivity index (χ2n) is 6.74. The van der Waals surface area contributed by atoms with Crippen LogP contribution < -0.4 is 10.3 Å². The van der Waals surface area contributed by atoms with Gasteiger partial charge in [-0.25, -0.2) is 0 Å². The zero-order chi connectivity index (χ0) is 20.8. The van der Waals surface area contributed by atoms with Crippen molar-refractivity contribution in [3.8, 4) is 17.7 Å². The Morgan fingerprint density at radius 3 is 2.46 bits per heavy atom. The maximum atomic E-state index is 13.0. The van der Waals surface area contributed by atoms with Crippen LogP contribution in [0, 0.1) is 18.3 Å². The lowest BCUT2D eigenvalue weighted by Crippen LogP contribution is -2.30. The molecule has 1 N–H and O–H groups in total. The van der Waals surface area contributed by atoms with Gasteiger partial charge in [0, 0.05) is 6.54 Å². The first-order valence-electron chi connectivity index (χ1n) is 9.51. The summed E-state index contributed by atoms with van der Waals surface area (Å²) in [5.74, 6) is -0.344. The number of nitrogens with zero attached hydrogens (tertiary/aromatic N) is 2. The second-order valence-corrected chi connectivity index (χ2v) is 6.74. The van der Waals surface area contributed by atoms with E-state index in [1.165, 1.54) is 6.92 Å². The molecule has 1 heterocycles. The SMILES string of the molecule is CCCCn1c(O)c(C(=O)C(C)Oc2ccc(CC)cc2)c(C)c(C#N)c1=O. The van der Waals surface area contributed by atoms with Crippen molar-refractivity contribution in [3.63, 3.8) is 0 Å². The first-order valence-corrected chi connectivity index (χ1v) is 9.51. The van der Waals surface area contributed by atoms with E-state index in [-0.39, 0.29) is 23.2 Å². The number of aryl methyl sites for hydroxylation is 1. The molecular weight excluding hydrogens is 356 g/mol. The predicted molar refractivity (Wildman–Crippen MR) is 107 cm³/mol. The molecule has 2 rings (SSSR count). The highest BCUT2D eigenvalue weighted by Gasteiger charge is 2.28. The van der Waals surface area contributed by atoms with Crippen LogP contribution in [-0.2, 0) is 13.0 Å². The third kappa shape index (κ3) is 4.25. The van der Waals surface area contributed by atoms with Gasteiger partial charge in [0.2, 0.25) is 11.7 Å². The highest BCUT2D eigenvalue weighted by molar-refractivity contribution is 6.03. The van der Waals surface area contributed by atoms with Gasteiger partial charge in [0.1, 0.15) is 17.4 Å². The molecule has 1 aromatic carbocycles. The molecule has 0 bridgehead atoms. The largest absolute Gasteiger partial charge is 0.494 e. The van der Waals surface area contributed by atoms with Crippen molar-refractivity contribution in [1.29, 1.82) is 5.26 Å². The molecule has 1 aromatic heterocycles. The number of pyridine rings is 1. The molecule has 0 amide bonds. The zero-order valence-electron chi connectivity index (χ0n) is 16.8. The fourth-order valence-corrected chi connectivity index (χ4v) is 3.03. The van der Waals surface area contributed by atoms with Crippen LogP contribution in [-0.4, -0.2) is 21.6 Å². The number of rotatable bonds is 8. The van der Waals surface area contributed by atoms with E-state index >= 15 is 0 Å². The molecule has 148 valence electrons. The molecule has 0 spiro atoms. The summed E-state index contributed by atoms with van der Waals surface area (Å²) in [7, 11) is 0. The third-order valence-electron chi connectivity index (χ3n) is 4.80. The molecule has 0 aliphatic rings. The van der Waals surface area contributed by atoms with E-state index in [1.807, 2.05) is 32.0 Å². The maximum Gasteiger partial charge on any atom is 0.271 e. The number of unbranched alkanes of at least 4 members (excludes halogenated alkanes) is 1. The van der Waals surface area contributed by atoms with Gasteiger partial charge in [0.25, 0.3) is 5.56 Å². The number of aromatic hydroxyl groups is 1. The summed E-state index contributed by atoms with van der Waals surface area (Å²) < 4.78 is 6.84. The Morgan fingerprint density at radius 1 is 1.29 bits per heavy atom. The van der Waals surface area contributed by atoms with Gasteiger partial charge in [0.05, 0.1) is 5.56 Å². The van der Waals surface area contributed by atoms with Crippen molar-refractivity contribution < 1.29 is 14.6 Å². The van der Waals surface area contributed by atoms with Crippen molar-refractivity contribution in [3.05, 3.63) is 56.9 Å². The van der Waals surface area contributed by atoms with Crippen molar-refractivity contribution in [2.24, 2.45) is 0 Å². The highest BCUT2D eigenvalue weighted by atomic mass is 16.5. The average Bonchev–Trinajstić information content (AvgIpc) is 2.68. The lowest BCUT2D eigenvalue weighted by Gasteiger charge is -2.19. The Kier molecular flexibility index (Phi) is 7.00. The van der Waals surface area contributed by atoms with E-state index in [0.717, 1.165) is 23.0 Å². The molecule has 6 heteroatoms. The van der Waals surface area contributed by atoms with Crippen molar-refractivity contribution in [2.45, 2.75) is 59.6 Å². The number of hydrogen-bond acceptors (Lipinski definition) is 5. The number of carbonyl (C=O) groups excluding carboxylic acids is 1. The van der Waals surface area contributed by atoms with E-state index in [4.69, 9.17) is 4.74 Å². The summed E-state index contributed by atoms with van der Waals surface area (Å²) in [4.78, 5) is 25.5. The Hall–Kier alpha value is -3.07. The number of hydrogen-bond donors (Lipinski definition) is 1. The fraction of sp³-hybridized carbons (Fsp3) is 0.409. The monoisotopic (exact) mass is 382 g/mol. The molecule has 1 atom stereocenters. The van der Waals surface area contributed by atoms with Gasteiger partial charge >= 0.3 is 0 Å². The summed E-state index contributed by atoms with van der Waals surface area (Å²) in [5.41, 5.74) is 0.592. The highest BCUT2D eigenvalue weighted by Crippen LogP contribution is 2.25. The number of aromatic nitrogens is 1. The number of Topliss-reactive ketones (excluding diaryl/α,β-unsaturated/α-hetero) is 1. The van der Waals surface area contributed by atoms with Gasteiger partial charge in [-0.15, -0.1) is 0 Å². The lowest BCUT2D eigenvalue weighted by atomic mass is 9.99. The van der Waals surface area contributed by atoms with E-state index < -0.39 is 23.3 Å². The van der Waals surface area contributed by atoms with Crippen LogP contribution in [0.15, 0.2) is 29.1 Å². The average molecular weight is 382 g/mol. The quantitative estimate of drug-likeness (QED) is 0.702. The van der Waals surface area contributed by atoms with E-state index in [2.05, 4.69) is 0 Å². The van der Waals surface area contributed by atoms with Crippen LogP contribution in [0.1, 0.15) is 60.7 Å². The third-order valence-corrected chi connectivity index (χ3v) is 4.80. The molecular formula is C22H26N2O4. The molecule has 28 heavy (non-hydrogen) atoms. The molecule has 0 fully saturated rings. The number of ketones is 1. The fourth-order valence-electron chi connectivity index (χ4n) is 3.03. The minimum Gasteiger partial charge on any atom is -0.494 e. The van der Waals surface area contributed by atoms with E-state index in [1.54, 1.807) is 19.1 Å². The van der Waals surface area contributed by atoms with Crippen LogP contribution >= 0.6 is 0 Å². The van der Waals surface area contributed by atoms with Crippen molar-refractivity contribution in [2.75, 3.05) is 0 Å². The molecule has 1 unspecified atom stereocenters. The first kappa shape index (κ1) is 21.2. The summed E-state index contributed by atoms with van der Waals surface area (Å²) in [6, 6.07) is 9.30. The Labute approximate surface area is 165 Å². The number of benzene rings is 1. The van der Waals surface area contributed by atoms with Gasteiger partial charge in [-0.2, -0.15) is 5.26 Å². The van der Waals surface area contributed by atoms with Crippen LogP contribution in [0.25, 0.3) is 0 Å². The minimum absolute atomic E-state index is 0.0371. The Balaban J connectivity index is 2.42. The van der Waals surface area contributed by atoms with Gasteiger partial charge in [-0.3, -0.25) is 14.2 Å². The van der Waals surface area contributed by atoms with Crippen LogP contribution in [0.4, 0.5) is 0 Å². The summed E-state index contributed by atoms with van der Waals surface area (Å²) >= 11 is 0. The summed E-state index contributed by atoms with van der Waals surface area (Å²) in [6.45, 7) is 7.33. The van der Waals surface area contributed by atoms with E-state index in [0.29, 0.717) is 12.2 Å². The van der Waals surface area contributed by atoms with Crippen molar-refractivity contribution in [1.82, 2.24) is 4.57 Å². The molecule has 0 aliphatic carbocycles. The Morgan fingerprint density at radius 2 is 1.93 bits per heavy atom. The smallest absolute Gasteiger partial charge is 0.271 e. The topological polar surface area (TPSA) is 92.3 Å². The van der Waals surface area contributed by atoms with Crippen LogP contribution in [0.2, 0.25) is 0 Å². The molecule has 0 aliphatic heterocycles. The second kappa shape index (κ2) is 9.23. The lowest BCUT2D eigenvalue weighted by molar-refractivity contribution is 0.0812. The minimum atomic E-state index is -0.888. The van der Waals surface area contributed by atoms with Crippen LogP contribution in [0.3, 0.4) is 0 Å². The van der Waals surface area contributed by atoms with Crippen molar-refractivity contribution >= 4 is 5.78 Å². The standard InChI is InChI=1S/C22H26N2O4/c1-5-7-12-24-21(26)18(13-23)14(3)19(22(24)27)20(25)15(4)28-17-10-8-16(6-2)9-11-17/h8-11,15,27H,5-7,12H2,1-4H3. The first-order chi connectivity index (χ1) is 13.3. The van der Waals surface area contributed by atoms with Gasteiger partial charge in [0.15, 0.2) is 6.10 Å². The molecule has 2 aromatic rings. The maximum absolute atomic E-state index is 13.0. The summed E-state index contributed by atoms with van der Waals surface area (Å²) in [6.07, 6.45) is 1.46. The number of ether oxygens (including phenoxy) is 1. The molecule has 0 saturated carbocycles. The predicted octanol–water partition coefficient (Wildman–Crippen LogP) is 3.75. The number of carbonyl (C=O) groups is 1. The van der Waals surface area contributed by atoms with Gasteiger partial charge < -0.3 is 9.84 Å². The summed E-state index contributed by atoms with van der Waals surface area (Å²) in [5, 5.41) is 20.0.